The number of hydrogen-bond acceptors (Lipinski definition) is 5. The number of hydrazine groups is 1. The van der Waals surface area contributed by atoms with Crippen molar-refractivity contribution < 1.29 is 4.79 Å². The van der Waals surface area contributed by atoms with Gasteiger partial charge in [-0.2, -0.15) is 0 Å². The van der Waals surface area contributed by atoms with Crippen molar-refractivity contribution in [2.45, 2.75) is 0 Å². The van der Waals surface area contributed by atoms with Gasteiger partial charge in [0.05, 0.1) is 32.7 Å². The van der Waals surface area contributed by atoms with Gasteiger partial charge in [-0.15, -0.1) is 0 Å². The number of carbonyl (C=O) groups excluding carboxylic acids is 1. The largest absolute Gasteiger partial charge is 0.353 e. The highest BCUT2D eigenvalue weighted by molar-refractivity contribution is 6.42. The molecule has 0 radical (unpaired) electrons. The molecule has 0 aromatic heterocycles. The van der Waals surface area contributed by atoms with Crippen LogP contribution in [0.25, 0.3) is 0 Å². The summed E-state index contributed by atoms with van der Waals surface area (Å²) in [6, 6.07) is 16.2. The summed E-state index contributed by atoms with van der Waals surface area (Å²) in [6.45, 7) is 3.53. The molecule has 3 aromatic rings. The maximum atomic E-state index is 13.4. The number of aliphatic imine (C=N–C) groups is 1. The molecule has 1 fully saturated rings. The molecule has 0 saturated carbocycles. The molecule has 0 atom stereocenters. The summed E-state index contributed by atoms with van der Waals surface area (Å²) in [7, 11) is 2.11. The van der Waals surface area contributed by atoms with Crippen molar-refractivity contribution in [1.29, 1.82) is 0 Å². The lowest BCUT2D eigenvalue weighted by Crippen LogP contribution is -2.47. The van der Waals surface area contributed by atoms with E-state index in [1.165, 1.54) is 12.1 Å². The summed E-state index contributed by atoms with van der Waals surface area (Å²) >= 11 is 25.1. The van der Waals surface area contributed by atoms with Crippen LogP contribution in [0.3, 0.4) is 0 Å². The number of carbonyl (C=O) groups is 1. The van der Waals surface area contributed by atoms with E-state index in [1.54, 1.807) is 17.1 Å². The molecule has 1 amide bonds. The smallest absolute Gasteiger partial charge is 0.273 e. The van der Waals surface area contributed by atoms with E-state index in [9.17, 15) is 4.79 Å². The molecule has 1 N–H and O–H groups in total. The molecule has 2 heterocycles. The van der Waals surface area contributed by atoms with Crippen LogP contribution in [0, 0.1) is 0 Å². The van der Waals surface area contributed by atoms with Gasteiger partial charge >= 0.3 is 0 Å². The van der Waals surface area contributed by atoms with Gasteiger partial charge in [0, 0.05) is 41.8 Å². The van der Waals surface area contributed by atoms with Crippen molar-refractivity contribution in [2.24, 2.45) is 4.99 Å². The first-order valence-corrected chi connectivity index (χ1v) is 12.5. The molecule has 0 spiro atoms. The van der Waals surface area contributed by atoms with E-state index < -0.39 is 5.91 Å². The van der Waals surface area contributed by atoms with Crippen LogP contribution in [0.4, 0.5) is 17.1 Å². The van der Waals surface area contributed by atoms with E-state index in [2.05, 4.69) is 22.3 Å². The van der Waals surface area contributed by atoms with Gasteiger partial charge in [-0.05, 0) is 49.5 Å². The Morgan fingerprint density at radius 1 is 0.857 bits per heavy atom. The third-order valence-electron chi connectivity index (χ3n) is 6.04. The number of fused-ring (bicyclic) bond motifs is 2. The zero-order valence-electron chi connectivity index (χ0n) is 18.7. The highest BCUT2D eigenvalue weighted by atomic mass is 35.5. The number of nitrogens with zero attached hydrogens (tertiary/aromatic N) is 4. The van der Waals surface area contributed by atoms with Crippen molar-refractivity contribution in [1.82, 2.24) is 15.2 Å². The van der Waals surface area contributed by atoms with Crippen LogP contribution in [0.1, 0.15) is 15.9 Å². The van der Waals surface area contributed by atoms with Crippen LogP contribution >= 0.6 is 46.4 Å². The van der Waals surface area contributed by atoms with Gasteiger partial charge in [-0.3, -0.25) is 15.2 Å². The second-order valence-electron chi connectivity index (χ2n) is 8.40. The maximum Gasteiger partial charge on any atom is 0.273 e. The number of anilines is 2. The number of likely N-dealkylation sites (N-methyl/N-ethyl adjacent to an activating group) is 1. The molecule has 3 aromatic carbocycles. The predicted octanol–water partition coefficient (Wildman–Crippen LogP) is 6.42. The Bertz CT molecular complexity index is 1310. The van der Waals surface area contributed by atoms with E-state index >= 15 is 0 Å². The monoisotopic (exact) mass is 547 g/mol. The second kappa shape index (κ2) is 9.88. The second-order valence-corrected chi connectivity index (χ2v) is 10.1. The third kappa shape index (κ3) is 4.82. The molecule has 5 rings (SSSR count). The maximum absolute atomic E-state index is 13.4. The van der Waals surface area contributed by atoms with E-state index in [1.807, 2.05) is 30.3 Å². The predicted molar refractivity (Wildman–Crippen MR) is 144 cm³/mol. The van der Waals surface area contributed by atoms with Crippen molar-refractivity contribution in [3.63, 3.8) is 0 Å². The Morgan fingerprint density at radius 2 is 1.54 bits per heavy atom. The van der Waals surface area contributed by atoms with E-state index in [-0.39, 0.29) is 15.6 Å². The topological polar surface area (TPSA) is 51.2 Å². The van der Waals surface area contributed by atoms with Crippen LogP contribution in [-0.4, -0.2) is 54.8 Å². The molecule has 10 heteroatoms. The number of benzene rings is 3. The van der Waals surface area contributed by atoms with Gasteiger partial charge in [-0.25, -0.2) is 4.99 Å². The molecular weight excluding hydrogens is 528 g/mol. The minimum absolute atomic E-state index is 0.134. The molecule has 180 valence electrons. The fourth-order valence-corrected chi connectivity index (χ4v) is 5.39. The van der Waals surface area contributed by atoms with Crippen molar-refractivity contribution in [3.8, 4) is 0 Å². The zero-order chi connectivity index (χ0) is 24.7. The zero-order valence-corrected chi connectivity index (χ0v) is 21.8. The minimum atomic E-state index is -0.476. The Kier molecular flexibility index (Phi) is 6.84. The number of amidine groups is 1. The van der Waals surface area contributed by atoms with Crippen LogP contribution in [0.15, 0.2) is 59.6 Å². The average Bonchev–Trinajstić information content (AvgIpc) is 2.94. The number of nitrogens with one attached hydrogen (secondary N) is 1. The number of piperazine rings is 1. The Morgan fingerprint density at radius 3 is 2.26 bits per heavy atom. The highest BCUT2D eigenvalue weighted by Crippen LogP contribution is 2.41. The molecule has 2 aliphatic heterocycles. The molecular formula is C25H21Cl4N5O. The van der Waals surface area contributed by atoms with E-state index in [0.29, 0.717) is 21.4 Å². The number of hydrogen-bond donors (Lipinski definition) is 1. The Labute approximate surface area is 223 Å². The first kappa shape index (κ1) is 24.2. The normalized spacial score (nSPS) is 15.7. The molecule has 6 nitrogen and oxygen atoms in total. The van der Waals surface area contributed by atoms with Crippen molar-refractivity contribution in [2.75, 3.05) is 38.2 Å². The van der Waals surface area contributed by atoms with Gasteiger partial charge in [-0.1, -0.05) is 58.5 Å². The number of amides is 1. The summed E-state index contributed by atoms with van der Waals surface area (Å²) in [5.41, 5.74) is 6.07. The minimum Gasteiger partial charge on any atom is -0.353 e. The molecule has 0 bridgehead atoms. The van der Waals surface area contributed by atoms with Crippen LogP contribution in [0.2, 0.25) is 20.1 Å². The highest BCUT2D eigenvalue weighted by Gasteiger charge is 2.29. The lowest BCUT2D eigenvalue weighted by atomic mass is 10.1. The molecule has 0 aliphatic carbocycles. The standard InChI is InChI=1S/C25H21Cl4N5O/c1-32-8-10-33(11-9-32)24-17-4-2-3-5-21(17)34(22-7-6-15(26)14-20(22)30-24)31-25(35)23-18(28)12-16(27)13-19(23)29/h2-7,12-14H,8-11H2,1H3,(H,31,35). The van der Waals surface area contributed by atoms with E-state index in [4.69, 9.17) is 51.4 Å². The Hall–Kier alpha value is -2.48. The SMILES string of the molecule is CN1CCN(C2=Nc3cc(Cl)ccc3N(NC(=O)c3c(Cl)cc(Cl)cc3Cl)c3ccccc32)CC1. The van der Waals surface area contributed by atoms with Crippen molar-refractivity contribution in [3.05, 3.63) is 85.8 Å². The number of rotatable bonds is 2. The number of halogens is 4. The lowest BCUT2D eigenvalue weighted by molar-refractivity contribution is 0.0954. The fourth-order valence-electron chi connectivity index (χ4n) is 4.23. The van der Waals surface area contributed by atoms with Crippen LogP contribution in [0.5, 0.6) is 0 Å². The summed E-state index contributed by atoms with van der Waals surface area (Å²) in [5, 5.41) is 2.92. The lowest BCUT2D eigenvalue weighted by Gasteiger charge is -2.35. The third-order valence-corrected chi connectivity index (χ3v) is 7.09. The summed E-state index contributed by atoms with van der Waals surface area (Å²) in [6.07, 6.45) is 0. The van der Waals surface area contributed by atoms with Gasteiger partial charge in [0.25, 0.3) is 5.91 Å². The van der Waals surface area contributed by atoms with Crippen LogP contribution < -0.4 is 10.4 Å². The van der Waals surface area contributed by atoms with Gasteiger partial charge < -0.3 is 9.80 Å². The van der Waals surface area contributed by atoms with Gasteiger partial charge in [0.15, 0.2) is 0 Å². The summed E-state index contributed by atoms with van der Waals surface area (Å²) < 4.78 is 0. The van der Waals surface area contributed by atoms with Gasteiger partial charge in [0.1, 0.15) is 5.84 Å². The van der Waals surface area contributed by atoms with Crippen LogP contribution in [-0.2, 0) is 0 Å². The molecule has 2 aliphatic rings. The van der Waals surface area contributed by atoms with Crippen molar-refractivity contribution >= 4 is 75.2 Å². The van der Waals surface area contributed by atoms with E-state index in [0.717, 1.165) is 43.3 Å². The quantitative estimate of drug-likeness (QED) is 0.401. The summed E-state index contributed by atoms with van der Waals surface area (Å²) in [5.74, 6) is 0.354. The summed E-state index contributed by atoms with van der Waals surface area (Å²) in [4.78, 5) is 23.0. The Balaban J connectivity index is 1.62. The van der Waals surface area contributed by atoms with Gasteiger partial charge in [0.2, 0.25) is 0 Å². The molecule has 1 saturated heterocycles. The molecule has 35 heavy (non-hydrogen) atoms. The first-order valence-electron chi connectivity index (χ1n) is 11.0. The molecule has 0 unspecified atom stereocenters. The first-order chi connectivity index (χ1) is 16.8. The average molecular weight is 549 g/mol. The number of para-hydroxylation sites is 1. The fraction of sp³-hybridized carbons (Fsp3) is 0.200.